The van der Waals surface area contributed by atoms with Crippen molar-refractivity contribution in [3.8, 4) is 5.75 Å². The fourth-order valence-corrected chi connectivity index (χ4v) is 7.73. The zero-order valence-corrected chi connectivity index (χ0v) is 33.9. The highest BCUT2D eigenvalue weighted by Crippen LogP contribution is 2.33. The van der Waals surface area contributed by atoms with Gasteiger partial charge in [0.1, 0.15) is 24.2 Å². The number of carbonyl (C=O) groups is 5. The Labute approximate surface area is 341 Å². The molecule has 6 rings (SSSR count). The number of rotatable bonds is 24. The van der Waals surface area contributed by atoms with E-state index >= 15 is 0 Å². The number of anilines is 1. The Morgan fingerprint density at radius 1 is 0.828 bits per heavy atom. The second-order valence-corrected chi connectivity index (χ2v) is 15.5. The van der Waals surface area contributed by atoms with E-state index in [9.17, 15) is 24.0 Å². The molecule has 3 aromatic rings. The van der Waals surface area contributed by atoms with Gasteiger partial charge in [-0.25, -0.2) is 0 Å². The lowest BCUT2D eigenvalue weighted by molar-refractivity contribution is -0.136. The van der Waals surface area contributed by atoms with Gasteiger partial charge in [0.05, 0.1) is 50.8 Å². The summed E-state index contributed by atoms with van der Waals surface area (Å²) >= 11 is 0. The number of carbonyl (C=O) groups excluding carboxylic acids is 5. The van der Waals surface area contributed by atoms with Gasteiger partial charge >= 0.3 is 0 Å². The Kier molecular flexibility index (Phi) is 15.6. The van der Waals surface area contributed by atoms with Crippen LogP contribution in [-0.4, -0.2) is 93.1 Å². The van der Waals surface area contributed by atoms with E-state index in [2.05, 4.69) is 54.8 Å². The molecule has 0 aromatic heterocycles. The number of nitrogens with one attached hydrogen (secondary N) is 2. The van der Waals surface area contributed by atoms with Crippen LogP contribution in [-0.2, 0) is 41.4 Å². The van der Waals surface area contributed by atoms with Gasteiger partial charge in [0.2, 0.25) is 11.8 Å². The lowest BCUT2D eigenvalue weighted by Gasteiger charge is -2.27. The minimum absolute atomic E-state index is 0.0687. The van der Waals surface area contributed by atoms with Crippen molar-refractivity contribution in [2.75, 3.05) is 58.1 Å². The fourth-order valence-electron chi connectivity index (χ4n) is 7.73. The number of hydrogen-bond acceptors (Lipinski definition) is 10. The molecule has 2 N–H and O–H groups in total. The Bertz CT molecular complexity index is 1910. The van der Waals surface area contributed by atoms with E-state index in [1.165, 1.54) is 28.7 Å². The molecule has 3 aromatic carbocycles. The average molecular weight is 796 g/mol. The molecule has 1 aliphatic carbocycles. The molecule has 1 saturated heterocycles. The van der Waals surface area contributed by atoms with Gasteiger partial charge in [-0.15, -0.1) is 0 Å². The molecule has 2 heterocycles. The van der Waals surface area contributed by atoms with Crippen molar-refractivity contribution >= 4 is 35.1 Å². The van der Waals surface area contributed by atoms with Gasteiger partial charge in [-0.3, -0.25) is 34.2 Å². The molecule has 4 amide bonds. The standard InChI is InChI=1S/C46H57N3O9/c1-31-13-14-34(30-36(31)8-4-3-7-32(2)43(51)35-9-5-10-35)29-33-15-17-37(18-16-33)58-28-27-57-26-25-56-24-23-55-22-21-47-39-12-6-11-38-42(39)46(54)49(45(38)53)40-19-20-41(50)48-44(40)52/h6,11-18,30,32,35,40,47H,3-5,7-10,19-29H2,1-2H3,(H,48,50,52). The molecule has 2 atom stereocenters. The summed E-state index contributed by atoms with van der Waals surface area (Å²) < 4.78 is 22.8. The summed E-state index contributed by atoms with van der Waals surface area (Å²) in [5.41, 5.74) is 6.18. The SMILES string of the molecule is Cc1ccc(Cc2ccc(OCCOCCOCCOCCNc3cccc4c3C(=O)N(C3CCC(=O)NC3=O)C4=O)cc2)cc1CCCCC(C)C(=O)C1CCC1. The van der Waals surface area contributed by atoms with E-state index in [1.54, 1.807) is 18.2 Å². The van der Waals surface area contributed by atoms with E-state index in [0.717, 1.165) is 55.6 Å². The predicted octanol–water partition coefficient (Wildman–Crippen LogP) is 6.25. The highest BCUT2D eigenvalue weighted by Gasteiger charge is 2.45. The molecule has 0 radical (unpaired) electrons. The second-order valence-electron chi connectivity index (χ2n) is 15.5. The van der Waals surface area contributed by atoms with E-state index < -0.39 is 29.7 Å². The highest BCUT2D eigenvalue weighted by atomic mass is 16.6. The second kappa shape index (κ2) is 21.2. The monoisotopic (exact) mass is 795 g/mol. The van der Waals surface area contributed by atoms with Crippen LogP contribution in [0.5, 0.6) is 5.75 Å². The first-order valence-corrected chi connectivity index (χ1v) is 20.8. The van der Waals surface area contributed by atoms with E-state index in [0.29, 0.717) is 70.2 Å². The van der Waals surface area contributed by atoms with Crippen LogP contribution in [0.3, 0.4) is 0 Å². The summed E-state index contributed by atoms with van der Waals surface area (Å²) in [7, 11) is 0. The minimum atomic E-state index is -1.01. The number of amides is 4. The smallest absolute Gasteiger partial charge is 0.264 e. The van der Waals surface area contributed by atoms with Crippen LogP contribution in [0.4, 0.5) is 5.69 Å². The lowest BCUT2D eigenvalue weighted by Crippen LogP contribution is -2.54. The maximum absolute atomic E-state index is 13.2. The summed E-state index contributed by atoms with van der Waals surface area (Å²) in [6.07, 6.45) is 8.69. The van der Waals surface area contributed by atoms with Crippen LogP contribution < -0.4 is 15.4 Å². The normalized spacial score (nSPS) is 17.2. The van der Waals surface area contributed by atoms with Crippen LogP contribution in [0.2, 0.25) is 0 Å². The molecule has 12 heteroatoms. The third-order valence-electron chi connectivity index (χ3n) is 11.3. The van der Waals surface area contributed by atoms with Crippen molar-refractivity contribution in [2.24, 2.45) is 11.8 Å². The molecule has 1 saturated carbocycles. The number of ether oxygens (including phenoxy) is 4. The highest BCUT2D eigenvalue weighted by molar-refractivity contribution is 6.25. The van der Waals surface area contributed by atoms with Crippen molar-refractivity contribution in [1.29, 1.82) is 0 Å². The van der Waals surface area contributed by atoms with Gasteiger partial charge in [0, 0.05) is 30.5 Å². The summed E-state index contributed by atoms with van der Waals surface area (Å²) in [5, 5.41) is 5.36. The zero-order chi connectivity index (χ0) is 40.9. The first-order chi connectivity index (χ1) is 28.2. The number of piperidine rings is 1. The van der Waals surface area contributed by atoms with E-state index in [-0.39, 0.29) is 29.9 Å². The average Bonchev–Trinajstić information content (AvgIpc) is 3.45. The fraction of sp³-hybridized carbons (Fsp3) is 0.500. The molecule has 12 nitrogen and oxygen atoms in total. The molecular weight excluding hydrogens is 739 g/mol. The van der Waals surface area contributed by atoms with Gasteiger partial charge in [0.25, 0.3) is 11.8 Å². The number of Topliss-reactive ketones (excluding diaryl/α,β-unsaturated/α-hetero) is 1. The van der Waals surface area contributed by atoms with Gasteiger partial charge in [0.15, 0.2) is 0 Å². The van der Waals surface area contributed by atoms with E-state index in [4.69, 9.17) is 18.9 Å². The molecule has 3 aliphatic rings. The zero-order valence-electron chi connectivity index (χ0n) is 33.9. The van der Waals surface area contributed by atoms with Crippen LogP contribution in [0.25, 0.3) is 0 Å². The summed E-state index contributed by atoms with van der Waals surface area (Å²) in [6.45, 7) is 7.54. The first kappa shape index (κ1) is 42.7. The molecule has 58 heavy (non-hydrogen) atoms. The summed E-state index contributed by atoms with van der Waals surface area (Å²) in [5.74, 6) is -0.326. The molecule has 0 bridgehead atoms. The predicted molar refractivity (Wildman–Crippen MR) is 219 cm³/mol. The number of hydrogen-bond donors (Lipinski definition) is 2. The number of ketones is 1. The van der Waals surface area contributed by atoms with Crippen LogP contribution >= 0.6 is 0 Å². The van der Waals surface area contributed by atoms with Gasteiger partial charge < -0.3 is 24.3 Å². The largest absolute Gasteiger partial charge is 0.491 e. The summed E-state index contributed by atoms with van der Waals surface area (Å²) in [6, 6.07) is 18.9. The van der Waals surface area contributed by atoms with Crippen LogP contribution in [0.15, 0.2) is 60.7 Å². The quantitative estimate of drug-likeness (QED) is 0.0788. The Morgan fingerprint density at radius 2 is 1.53 bits per heavy atom. The van der Waals surface area contributed by atoms with E-state index in [1.807, 2.05) is 12.1 Å². The Morgan fingerprint density at radius 3 is 2.24 bits per heavy atom. The van der Waals surface area contributed by atoms with Crippen molar-refractivity contribution in [1.82, 2.24) is 10.2 Å². The lowest BCUT2D eigenvalue weighted by atomic mass is 9.77. The van der Waals surface area contributed by atoms with Crippen molar-refractivity contribution in [3.63, 3.8) is 0 Å². The van der Waals surface area contributed by atoms with Gasteiger partial charge in [-0.1, -0.05) is 56.2 Å². The molecule has 2 aliphatic heterocycles. The summed E-state index contributed by atoms with van der Waals surface area (Å²) in [4.78, 5) is 63.5. The Balaban J connectivity index is 0.783. The number of nitrogens with zero attached hydrogens (tertiary/aromatic N) is 1. The molecule has 2 unspecified atom stereocenters. The van der Waals surface area contributed by atoms with Crippen molar-refractivity contribution in [3.05, 3.63) is 94.0 Å². The minimum Gasteiger partial charge on any atom is -0.491 e. The maximum atomic E-state index is 13.2. The molecule has 0 spiro atoms. The molecule has 2 fully saturated rings. The van der Waals surface area contributed by atoms with Crippen molar-refractivity contribution < 1.29 is 42.9 Å². The third kappa shape index (κ3) is 11.4. The molecule has 310 valence electrons. The number of imide groups is 2. The first-order valence-electron chi connectivity index (χ1n) is 20.8. The number of unbranched alkanes of at least 4 members (excludes halogenated alkanes) is 1. The molecular formula is C46H57N3O9. The van der Waals surface area contributed by atoms with Gasteiger partial charge in [-0.2, -0.15) is 0 Å². The van der Waals surface area contributed by atoms with Crippen LogP contribution in [0, 0.1) is 18.8 Å². The third-order valence-corrected chi connectivity index (χ3v) is 11.3. The number of benzene rings is 3. The van der Waals surface area contributed by atoms with Gasteiger partial charge in [-0.05, 0) is 98.4 Å². The Hall–Kier alpha value is -4.91. The topological polar surface area (TPSA) is 150 Å². The van der Waals surface area contributed by atoms with Crippen LogP contribution in [0.1, 0.15) is 101 Å². The maximum Gasteiger partial charge on any atom is 0.264 e. The number of fused-ring (bicyclic) bond motifs is 1. The van der Waals surface area contributed by atoms with Crippen molar-refractivity contribution in [2.45, 2.75) is 84.1 Å². The number of aryl methyl sites for hydroxylation is 2.